The second-order valence-corrected chi connectivity index (χ2v) is 8.11. The zero-order valence-electron chi connectivity index (χ0n) is 15.3. The zero-order chi connectivity index (χ0) is 20.2. The van der Waals surface area contributed by atoms with Gasteiger partial charge in [0.25, 0.3) is 0 Å². The van der Waals surface area contributed by atoms with Crippen molar-refractivity contribution in [3.63, 3.8) is 0 Å². The Bertz CT molecular complexity index is 1110. The van der Waals surface area contributed by atoms with Crippen LogP contribution in [0.25, 0.3) is 11.4 Å². The number of aryl methyl sites for hydroxylation is 1. The second-order valence-electron chi connectivity index (χ2n) is 5.98. The Hall–Kier alpha value is -3.18. The van der Waals surface area contributed by atoms with Crippen molar-refractivity contribution in [2.45, 2.75) is 18.6 Å². The summed E-state index contributed by atoms with van der Waals surface area (Å²) in [4.78, 5) is 12.2. The van der Waals surface area contributed by atoms with Gasteiger partial charge in [0.05, 0.1) is 18.6 Å². The molecule has 2 N–H and O–H groups in total. The normalized spacial score (nSPS) is 10.9. The van der Waals surface area contributed by atoms with E-state index in [9.17, 15) is 9.90 Å². The molecule has 11 heteroatoms. The zero-order valence-corrected chi connectivity index (χ0v) is 16.9. The minimum atomic E-state index is -0.204. The Labute approximate surface area is 173 Å². The summed E-state index contributed by atoms with van der Waals surface area (Å²) in [7, 11) is 0. The van der Waals surface area contributed by atoms with E-state index in [0.717, 1.165) is 16.3 Å². The number of carbonyl (C=O) groups is 1. The highest BCUT2D eigenvalue weighted by Crippen LogP contribution is 2.27. The van der Waals surface area contributed by atoms with Crippen LogP contribution in [0.2, 0.25) is 0 Å². The minimum Gasteiger partial charge on any atom is -0.508 e. The van der Waals surface area contributed by atoms with Gasteiger partial charge in [-0.25, -0.2) is 0 Å². The first-order chi connectivity index (χ1) is 14.1. The van der Waals surface area contributed by atoms with E-state index in [1.54, 1.807) is 30.5 Å². The lowest BCUT2D eigenvalue weighted by atomic mass is 10.2. The second kappa shape index (κ2) is 8.45. The van der Waals surface area contributed by atoms with Crippen LogP contribution in [0.4, 0.5) is 5.13 Å². The minimum absolute atomic E-state index is 0.143. The number of phenolic OH excluding ortho intramolecular Hbond substituents is 1. The van der Waals surface area contributed by atoms with Crippen LogP contribution < -0.4 is 5.32 Å². The molecule has 0 bridgehead atoms. The molecule has 0 unspecified atom stereocenters. The standard InChI is InChI=1S/C18H16N6O3S2/c1-11-20-22-17(29-11)19-15(26)10-28-18-23-21-16(12-4-6-13(25)7-5-12)24(18)9-14-3-2-8-27-14/h2-8,25H,9-10H2,1H3,(H,19,22,26). The molecule has 0 fully saturated rings. The average molecular weight is 428 g/mol. The van der Waals surface area contributed by atoms with Crippen molar-refractivity contribution in [2.75, 3.05) is 11.1 Å². The molecule has 1 aromatic carbocycles. The first kappa shape index (κ1) is 19.2. The molecule has 0 atom stereocenters. The van der Waals surface area contributed by atoms with E-state index in [0.29, 0.717) is 22.7 Å². The highest BCUT2D eigenvalue weighted by Gasteiger charge is 2.17. The third-order valence-electron chi connectivity index (χ3n) is 3.84. The molecule has 0 aliphatic rings. The number of aromatic nitrogens is 5. The summed E-state index contributed by atoms with van der Waals surface area (Å²) in [5.41, 5.74) is 0.794. The van der Waals surface area contributed by atoms with Crippen molar-refractivity contribution in [2.24, 2.45) is 0 Å². The van der Waals surface area contributed by atoms with Crippen molar-refractivity contribution in [1.29, 1.82) is 0 Å². The third kappa shape index (κ3) is 4.63. The lowest BCUT2D eigenvalue weighted by Crippen LogP contribution is -2.14. The summed E-state index contributed by atoms with van der Waals surface area (Å²) in [6.07, 6.45) is 1.60. The molecule has 3 aromatic heterocycles. The van der Waals surface area contributed by atoms with Crippen LogP contribution >= 0.6 is 23.1 Å². The van der Waals surface area contributed by atoms with Crippen molar-refractivity contribution >= 4 is 34.1 Å². The number of thioether (sulfide) groups is 1. The highest BCUT2D eigenvalue weighted by atomic mass is 32.2. The van der Waals surface area contributed by atoms with Crippen LogP contribution in [0.3, 0.4) is 0 Å². The molecule has 0 saturated carbocycles. The van der Waals surface area contributed by atoms with Gasteiger partial charge in [0.15, 0.2) is 11.0 Å². The number of amides is 1. The average Bonchev–Trinajstić information content (AvgIpc) is 3.44. The number of benzene rings is 1. The summed E-state index contributed by atoms with van der Waals surface area (Å²) < 4.78 is 7.33. The first-order valence-corrected chi connectivity index (χ1v) is 10.4. The number of carbonyl (C=O) groups excluding carboxylic acids is 1. The fourth-order valence-corrected chi connectivity index (χ4v) is 3.90. The van der Waals surface area contributed by atoms with E-state index < -0.39 is 0 Å². The molecule has 4 aromatic rings. The highest BCUT2D eigenvalue weighted by molar-refractivity contribution is 7.99. The van der Waals surface area contributed by atoms with E-state index in [2.05, 4.69) is 25.7 Å². The Morgan fingerprint density at radius 1 is 1.21 bits per heavy atom. The number of anilines is 1. The Kier molecular flexibility index (Phi) is 5.58. The van der Waals surface area contributed by atoms with Gasteiger partial charge in [0.1, 0.15) is 16.5 Å². The van der Waals surface area contributed by atoms with Crippen molar-refractivity contribution in [1.82, 2.24) is 25.0 Å². The summed E-state index contributed by atoms with van der Waals surface area (Å²) in [5.74, 6) is 1.46. The van der Waals surface area contributed by atoms with E-state index in [-0.39, 0.29) is 17.4 Å². The van der Waals surface area contributed by atoms with Gasteiger partial charge in [-0.2, -0.15) is 0 Å². The number of phenols is 1. The molecule has 9 nitrogen and oxygen atoms in total. The van der Waals surface area contributed by atoms with Crippen molar-refractivity contribution in [3.05, 3.63) is 53.4 Å². The van der Waals surface area contributed by atoms with E-state index in [4.69, 9.17) is 4.42 Å². The summed E-state index contributed by atoms with van der Waals surface area (Å²) >= 11 is 2.58. The molecule has 148 valence electrons. The van der Waals surface area contributed by atoms with Gasteiger partial charge in [-0.1, -0.05) is 23.1 Å². The SMILES string of the molecule is Cc1nnc(NC(=O)CSc2nnc(-c3ccc(O)cc3)n2Cc2ccco2)s1. The number of rotatable bonds is 7. The Morgan fingerprint density at radius 2 is 2.03 bits per heavy atom. The molecule has 29 heavy (non-hydrogen) atoms. The van der Waals surface area contributed by atoms with Gasteiger partial charge in [-0.05, 0) is 43.3 Å². The van der Waals surface area contributed by atoms with Gasteiger partial charge in [0.2, 0.25) is 11.0 Å². The topological polar surface area (TPSA) is 119 Å². The molecule has 0 saturated heterocycles. The fraction of sp³-hybridized carbons (Fsp3) is 0.167. The Morgan fingerprint density at radius 3 is 2.72 bits per heavy atom. The maximum Gasteiger partial charge on any atom is 0.236 e. The van der Waals surface area contributed by atoms with Crippen LogP contribution in [-0.2, 0) is 11.3 Å². The first-order valence-electron chi connectivity index (χ1n) is 8.56. The smallest absolute Gasteiger partial charge is 0.236 e. The van der Waals surface area contributed by atoms with Crippen LogP contribution in [-0.4, -0.2) is 41.7 Å². The lowest BCUT2D eigenvalue weighted by molar-refractivity contribution is -0.113. The molecule has 0 aliphatic heterocycles. The summed E-state index contributed by atoms with van der Waals surface area (Å²) in [6, 6.07) is 10.4. The van der Waals surface area contributed by atoms with E-state index in [1.165, 1.54) is 23.1 Å². The van der Waals surface area contributed by atoms with Gasteiger partial charge >= 0.3 is 0 Å². The van der Waals surface area contributed by atoms with Gasteiger partial charge in [0, 0.05) is 5.56 Å². The summed E-state index contributed by atoms with van der Waals surface area (Å²) in [6.45, 7) is 2.24. The van der Waals surface area contributed by atoms with E-state index >= 15 is 0 Å². The molecular formula is C18H16N6O3S2. The predicted molar refractivity (Wildman–Crippen MR) is 109 cm³/mol. The van der Waals surface area contributed by atoms with E-state index in [1.807, 2.05) is 23.6 Å². The number of hydrogen-bond acceptors (Lipinski definition) is 9. The maximum absolute atomic E-state index is 12.2. The largest absolute Gasteiger partial charge is 0.508 e. The monoisotopic (exact) mass is 428 g/mol. The maximum atomic E-state index is 12.2. The van der Waals surface area contributed by atoms with Crippen LogP contribution in [0.5, 0.6) is 5.75 Å². The number of nitrogens with zero attached hydrogens (tertiary/aromatic N) is 5. The molecule has 1 amide bonds. The van der Waals surface area contributed by atoms with Crippen LogP contribution in [0.15, 0.2) is 52.2 Å². The van der Waals surface area contributed by atoms with Crippen LogP contribution in [0, 0.1) is 6.92 Å². The Balaban J connectivity index is 1.54. The van der Waals surface area contributed by atoms with Crippen molar-refractivity contribution in [3.8, 4) is 17.1 Å². The number of nitrogens with one attached hydrogen (secondary N) is 1. The molecule has 0 spiro atoms. The quantitative estimate of drug-likeness (QED) is 0.431. The van der Waals surface area contributed by atoms with Gasteiger partial charge < -0.3 is 9.52 Å². The van der Waals surface area contributed by atoms with Crippen LogP contribution in [0.1, 0.15) is 10.8 Å². The predicted octanol–water partition coefficient (Wildman–Crippen LogP) is 3.18. The summed E-state index contributed by atoms with van der Waals surface area (Å²) in [5, 5.41) is 30.4. The van der Waals surface area contributed by atoms with Gasteiger partial charge in [-0.3, -0.25) is 14.7 Å². The molecular weight excluding hydrogens is 412 g/mol. The molecule has 0 radical (unpaired) electrons. The third-order valence-corrected chi connectivity index (χ3v) is 5.56. The molecule has 0 aliphatic carbocycles. The lowest BCUT2D eigenvalue weighted by Gasteiger charge is -2.09. The number of hydrogen-bond donors (Lipinski definition) is 2. The van der Waals surface area contributed by atoms with Gasteiger partial charge in [-0.15, -0.1) is 20.4 Å². The fourth-order valence-electron chi connectivity index (χ4n) is 2.55. The number of furan rings is 1. The molecule has 4 rings (SSSR count). The van der Waals surface area contributed by atoms with Crippen molar-refractivity contribution < 1.29 is 14.3 Å². The number of aromatic hydroxyl groups is 1. The molecule has 3 heterocycles.